The van der Waals surface area contributed by atoms with Crippen molar-refractivity contribution < 1.29 is 9.13 Å². The van der Waals surface area contributed by atoms with Gasteiger partial charge < -0.3 is 10.1 Å². The van der Waals surface area contributed by atoms with Crippen molar-refractivity contribution in [1.29, 1.82) is 0 Å². The normalized spacial score (nSPS) is 10.6. The van der Waals surface area contributed by atoms with E-state index in [1.165, 1.54) is 12.1 Å². The van der Waals surface area contributed by atoms with Crippen molar-refractivity contribution in [2.24, 2.45) is 0 Å². The zero-order chi connectivity index (χ0) is 14.5. The molecule has 2 aromatic rings. The molecule has 0 unspecified atom stereocenters. The van der Waals surface area contributed by atoms with Gasteiger partial charge in [-0.2, -0.15) is 0 Å². The van der Waals surface area contributed by atoms with Crippen molar-refractivity contribution in [3.05, 3.63) is 58.9 Å². The molecule has 0 fully saturated rings. The summed E-state index contributed by atoms with van der Waals surface area (Å²) in [6.45, 7) is 7.47. The molecule has 1 N–H and O–H groups in total. The van der Waals surface area contributed by atoms with E-state index in [1.54, 1.807) is 6.07 Å². The van der Waals surface area contributed by atoms with Crippen molar-refractivity contribution >= 4 is 0 Å². The largest absolute Gasteiger partial charge is 0.457 e. The fraction of sp³-hybridized carbons (Fsp3) is 0.294. The maximum atomic E-state index is 13.4. The van der Waals surface area contributed by atoms with Gasteiger partial charge in [-0.3, -0.25) is 0 Å². The van der Waals surface area contributed by atoms with E-state index in [0.29, 0.717) is 12.3 Å². The summed E-state index contributed by atoms with van der Waals surface area (Å²) < 4.78 is 19.3. The van der Waals surface area contributed by atoms with Crippen LogP contribution in [0.4, 0.5) is 4.39 Å². The lowest BCUT2D eigenvalue weighted by Crippen LogP contribution is -2.12. The third-order valence-corrected chi connectivity index (χ3v) is 3.15. The predicted octanol–water partition coefficient (Wildman–Crippen LogP) is 4.34. The van der Waals surface area contributed by atoms with Crippen LogP contribution in [0.2, 0.25) is 0 Å². The number of halogens is 1. The van der Waals surface area contributed by atoms with E-state index < -0.39 is 0 Å². The first-order chi connectivity index (χ1) is 9.60. The van der Waals surface area contributed by atoms with Gasteiger partial charge in [0.15, 0.2) is 0 Å². The summed E-state index contributed by atoms with van der Waals surface area (Å²) in [7, 11) is 0. The smallest absolute Gasteiger partial charge is 0.132 e. The first-order valence-corrected chi connectivity index (χ1v) is 6.84. The van der Waals surface area contributed by atoms with Crippen LogP contribution in [0, 0.1) is 19.7 Å². The SMILES string of the molecule is CCNCc1cc(F)ccc1Oc1cc(C)ccc1C. The quantitative estimate of drug-likeness (QED) is 0.874. The highest BCUT2D eigenvalue weighted by atomic mass is 19.1. The van der Waals surface area contributed by atoms with Gasteiger partial charge in [0, 0.05) is 12.1 Å². The second-order valence-corrected chi connectivity index (χ2v) is 4.90. The highest BCUT2D eigenvalue weighted by Crippen LogP contribution is 2.29. The van der Waals surface area contributed by atoms with Crippen LogP contribution in [-0.4, -0.2) is 6.54 Å². The number of aryl methyl sites for hydroxylation is 2. The van der Waals surface area contributed by atoms with E-state index in [-0.39, 0.29) is 5.82 Å². The Balaban J connectivity index is 2.30. The average Bonchev–Trinajstić information content (AvgIpc) is 2.43. The minimum absolute atomic E-state index is 0.244. The molecule has 0 amide bonds. The molecule has 0 aliphatic carbocycles. The summed E-state index contributed by atoms with van der Waals surface area (Å²) in [5.74, 6) is 1.27. The van der Waals surface area contributed by atoms with Crippen LogP contribution in [0.1, 0.15) is 23.6 Å². The minimum atomic E-state index is -0.244. The van der Waals surface area contributed by atoms with Gasteiger partial charge in [0.05, 0.1) is 0 Å². The summed E-state index contributed by atoms with van der Waals surface area (Å²) in [5, 5.41) is 3.20. The molecule has 106 valence electrons. The number of nitrogens with one attached hydrogen (secondary N) is 1. The standard InChI is InChI=1S/C17H20FNO/c1-4-19-11-14-10-15(18)7-8-16(14)20-17-9-12(2)5-6-13(17)3/h5-10,19H,4,11H2,1-3H3. The van der Waals surface area contributed by atoms with Crippen molar-refractivity contribution in [1.82, 2.24) is 5.32 Å². The van der Waals surface area contributed by atoms with Gasteiger partial charge in [-0.05, 0) is 55.8 Å². The molecule has 20 heavy (non-hydrogen) atoms. The molecule has 0 aliphatic heterocycles. The molecule has 0 saturated carbocycles. The van der Waals surface area contributed by atoms with Crippen LogP contribution < -0.4 is 10.1 Å². The summed E-state index contributed by atoms with van der Waals surface area (Å²) in [6, 6.07) is 10.7. The van der Waals surface area contributed by atoms with Gasteiger partial charge >= 0.3 is 0 Å². The lowest BCUT2D eigenvalue weighted by molar-refractivity contribution is 0.466. The lowest BCUT2D eigenvalue weighted by atomic mass is 10.1. The maximum absolute atomic E-state index is 13.4. The number of benzene rings is 2. The fourth-order valence-electron chi connectivity index (χ4n) is 1.98. The summed E-state index contributed by atoms with van der Waals surface area (Å²) in [5.41, 5.74) is 3.03. The highest BCUT2D eigenvalue weighted by molar-refractivity contribution is 5.42. The van der Waals surface area contributed by atoms with E-state index >= 15 is 0 Å². The third-order valence-electron chi connectivity index (χ3n) is 3.15. The van der Waals surface area contributed by atoms with Gasteiger partial charge in [0.2, 0.25) is 0 Å². The molecule has 0 saturated heterocycles. The van der Waals surface area contributed by atoms with Crippen LogP contribution in [-0.2, 0) is 6.54 Å². The van der Waals surface area contributed by atoms with Crippen LogP contribution in [0.15, 0.2) is 36.4 Å². The third kappa shape index (κ3) is 3.58. The summed E-state index contributed by atoms with van der Waals surface area (Å²) in [4.78, 5) is 0. The van der Waals surface area contributed by atoms with Crippen LogP contribution in [0.25, 0.3) is 0 Å². The van der Waals surface area contributed by atoms with Crippen molar-refractivity contribution in [3.8, 4) is 11.5 Å². The number of hydrogen-bond acceptors (Lipinski definition) is 2. The molecule has 0 spiro atoms. The Morgan fingerprint density at radius 3 is 2.60 bits per heavy atom. The van der Waals surface area contributed by atoms with Gasteiger partial charge in [-0.25, -0.2) is 4.39 Å². The zero-order valence-corrected chi connectivity index (χ0v) is 12.2. The monoisotopic (exact) mass is 273 g/mol. The molecule has 0 heterocycles. The molecule has 2 aromatic carbocycles. The number of hydrogen-bond donors (Lipinski definition) is 1. The van der Waals surface area contributed by atoms with Crippen LogP contribution in [0.5, 0.6) is 11.5 Å². The highest BCUT2D eigenvalue weighted by Gasteiger charge is 2.08. The van der Waals surface area contributed by atoms with E-state index in [9.17, 15) is 4.39 Å². The Bertz CT molecular complexity index is 596. The van der Waals surface area contributed by atoms with Crippen LogP contribution in [0.3, 0.4) is 0 Å². The zero-order valence-electron chi connectivity index (χ0n) is 12.2. The van der Waals surface area contributed by atoms with Crippen LogP contribution >= 0.6 is 0 Å². The second-order valence-electron chi connectivity index (χ2n) is 4.90. The Morgan fingerprint density at radius 2 is 1.85 bits per heavy atom. The molecule has 0 aliphatic rings. The topological polar surface area (TPSA) is 21.3 Å². The number of rotatable bonds is 5. The minimum Gasteiger partial charge on any atom is -0.457 e. The lowest BCUT2D eigenvalue weighted by Gasteiger charge is -2.14. The molecule has 2 rings (SSSR count). The first kappa shape index (κ1) is 14.5. The van der Waals surface area contributed by atoms with E-state index in [4.69, 9.17) is 4.74 Å². The molecule has 0 atom stereocenters. The summed E-state index contributed by atoms with van der Waals surface area (Å²) in [6.07, 6.45) is 0. The molecule has 0 radical (unpaired) electrons. The molecule has 0 aromatic heterocycles. The molecule has 0 bridgehead atoms. The van der Waals surface area contributed by atoms with Crippen molar-refractivity contribution in [2.75, 3.05) is 6.54 Å². The Labute approximate surface area is 119 Å². The molecular formula is C17H20FNO. The van der Waals surface area contributed by atoms with Gasteiger partial charge in [0.25, 0.3) is 0 Å². The Hall–Kier alpha value is -1.87. The Kier molecular flexibility index (Phi) is 4.74. The average molecular weight is 273 g/mol. The fourth-order valence-corrected chi connectivity index (χ4v) is 1.98. The maximum Gasteiger partial charge on any atom is 0.132 e. The van der Waals surface area contributed by atoms with Crippen molar-refractivity contribution in [3.63, 3.8) is 0 Å². The molecule has 2 nitrogen and oxygen atoms in total. The van der Waals surface area contributed by atoms with E-state index in [1.807, 2.05) is 39.0 Å². The van der Waals surface area contributed by atoms with Gasteiger partial charge in [-0.1, -0.05) is 19.1 Å². The first-order valence-electron chi connectivity index (χ1n) is 6.84. The van der Waals surface area contributed by atoms with E-state index in [0.717, 1.165) is 29.0 Å². The van der Waals surface area contributed by atoms with E-state index in [2.05, 4.69) is 5.32 Å². The van der Waals surface area contributed by atoms with Gasteiger partial charge in [0.1, 0.15) is 17.3 Å². The predicted molar refractivity (Wildman–Crippen MR) is 79.8 cm³/mol. The van der Waals surface area contributed by atoms with Gasteiger partial charge in [-0.15, -0.1) is 0 Å². The molecular weight excluding hydrogens is 253 g/mol. The second kappa shape index (κ2) is 6.53. The van der Waals surface area contributed by atoms with Crippen molar-refractivity contribution in [2.45, 2.75) is 27.3 Å². The number of ether oxygens (including phenoxy) is 1. The Morgan fingerprint density at radius 1 is 1.05 bits per heavy atom. The summed E-state index contributed by atoms with van der Waals surface area (Å²) >= 11 is 0. The molecule has 3 heteroatoms.